The van der Waals surface area contributed by atoms with Gasteiger partial charge in [-0.15, -0.1) is 0 Å². The van der Waals surface area contributed by atoms with Crippen LogP contribution in [0.25, 0.3) is 0 Å². The molecule has 0 amide bonds. The number of nitrogens with one attached hydrogen (secondary N) is 2. The molecule has 3 heterocycles. The molecule has 7 nitrogen and oxygen atoms in total. The molecule has 10 heteroatoms. The number of carboxylic acid groups (broad SMARTS) is 1. The van der Waals surface area contributed by atoms with E-state index >= 15 is 0 Å². The summed E-state index contributed by atoms with van der Waals surface area (Å²) in [6.45, 7) is 4.87. The lowest BCUT2D eigenvalue weighted by molar-refractivity contribution is -0.152. The van der Waals surface area contributed by atoms with Gasteiger partial charge < -0.3 is 10.4 Å². The predicted molar refractivity (Wildman–Crippen MR) is 125 cm³/mol. The monoisotopic (exact) mass is 489 g/mol. The van der Waals surface area contributed by atoms with E-state index in [0.717, 1.165) is 5.69 Å². The number of anilines is 2. The summed E-state index contributed by atoms with van der Waals surface area (Å²) in [6.07, 6.45) is 0.900. The molecule has 1 saturated heterocycles. The maximum Gasteiger partial charge on any atom is 0.310 e. The van der Waals surface area contributed by atoms with E-state index in [2.05, 4.69) is 20.5 Å². The van der Waals surface area contributed by atoms with Gasteiger partial charge in [0.2, 0.25) is 0 Å². The summed E-state index contributed by atoms with van der Waals surface area (Å²) in [5.41, 5.74) is 1.36. The zero-order valence-corrected chi connectivity index (χ0v) is 19.7. The zero-order chi connectivity index (χ0) is 24.5. The second kappa shape index (κ2) is 9.68. The molecule has 1 aromatic carbocycles. The Labute approximate surface area is 201 Å². The molecule has 0 aliphatic carbocycles. The molecule has 0 unspecified atom stereocenters. The first-order chi connectivity index (χ1) is 16.2. The molecule has 0 bridgehead atoms. The SMILES string of the molecule is Cc1cc(Nc2nc(CC3(C(=O)O)CCN(Cc4cccc(Cl)c4F)CC3)c(C)cc2F)n[nH]1. The number of benzene rings is 1. The van der Waals surface area contributed by atoms with E-state index in [0.29, 0.717) is 55.1 Å². The number of hydrogen-bond acceptors (Lipinski definition) is 5. The number of rotatable bonds is 7. The Kier molecular flexibility index (Phi) is 6.86. The second-order valence-corrected chi connectivity index (χ2v) is 9.30. The van der Waals surface area contributed by atoms with Crippen molar-refractivity contribution < 1.29 is 18.7 Å². The van der Waals surface area contributed by atoms with Crippen LogP contribution < -0.4 is 5.32 Å². The van der Waals surface area contributed by atoms with Crippen LogP contribution in [0.3, 0.4) is 0 Å². The van der Waals surface area contributed by atoms with Crippen LogP contribution in [0.4, 0.5) is 20.4 Å². The van der Waals surface area contributed by atoms with Crippen molar-refractivity contribution in [1.29, 1.82) is 0 Å². The van der Waals surface area contributed by atoms with Crippen LogP contribution in [0.2, 0.25) is 5.02 Å². The largest absolute Gasteiger partial charge is 0.481 e. The van der Waals surface area contributed by atoms with Gasteiger partial charge in [0.05, 0.1) is 10.4 Å². The molecule has 0 saturated carbocycles. The number of carbonyl (C=O) groups is 1. The second-order valence-electron chi connectivity index (χ2n) is 8.89. The van der Waals surface area contributed by atoms with Crippen LogP contribution in [0.1, 0.15) is 35.4 Å². The fourth-order valence-electron chi connectivity index (χ4n) is 4.33. The molecule has 4 rings (SSSR count). The zero-order valence-electron chi connectivity index (χ0n) is 19.0. The van der Waals surface area contributed by atoms with Crippen molar-refractivity contribution in [3.05, 3.63) is 69.5 Å². The summed E-state index contributed by atoms with van der Waals surface area (Å²) in [6, 6.07) is 7.96. The Morgan fingerprint density at radius 2 is 2.00 bits per heavy atom. The first-order valence-electron chi connectivity index (χ1n) is 11.0. The van der Waals surface area contributed by atoms with Gasteiger partial charge in [-0.05, 0) is 57.5 Å². The number of aromatic amines is 1. The van der Waals surface area contributed by atoms with Crippen LogP contribution in [0, 0.1) is 30.9 Å². The Bertz CT molecular complexity index is 1210. The van der Waals surface area contributed by atoms with Gasteiger partial charge in [0.1, 0.15) is 5.82 Å². The number of aromatic nitrogens is 3. The summed E-state index contributed by atoms with van der Waals surface area (Å²) in [5.74, 6) is -1.47. The summed E-state index contributed by atoms with van der Waals surface area (Å²) in [5, 5.41) is 19.9. The van der Waals surface area contributed by atoms with Crippen LogP contribution in [-0.2, 0) is 17.8 Å². The van der Waals surface area contributed by atoms with Crippen molar-refractivity contribution in [3.8, 4) is 0 Å². The third-order valence-corrected chi connectivity index (χ3v) is 6.71. The highest BCUT2D eigenvalue weighted by Gasteiger charge is 2.42. The number of aliphatic carboxylic acids is 1. The normalized spacial score (nSPS) is 15.9. The van der Waals surface area contributed by atoms with Crippen LogP contribution in [0.15, 0.2) is 30.3 Å². The Morgan fingerprint density at radius 1 is 1.26 bits per heavy atom. The molecule has 3 aromatic rings. The van der Waals surface area contributed by atoms with Gasteiger partial charge >= 0.3 is 5.97 Å². The molecule has 180 valence electrons. The third kappa shape index (κ3) is 5.05. The highest BCUT2D eigenvalue weighted by molar-refractivity contribution is 6.30. The van der Waals surface area contributed by atoms with Crippen molar-refractivity contribution >= 4 is 29.2 Å². The summed E-state index contributed by atoms with van der Waals surface area (Å²) in [4.78, 5) is 18.8. The van der Waals surface area contributed by atoms with E-state index in [9.17, 15) is 18.7 Å². The molecular formula is C24H26ClF2N5O2. The molecule has 1 aliphatic rings. The standard InChI is InChI=1S/C24H26ClF2N5O2/c1-14-10-18(26)22(29-20-11-15(2)30-31-20)28-19(14)12-24(23(33)34)6-8-32(9-7-24)13-16-4-3-5-17(25)21(16)27/h3-5,10-11H,6-9,12-13H2,1-2H3,(H,33,34)(H2,28,29,30,31). The molecular weight excluding hydrogens is 464 g/mol. The number of aryl methyl sites for hydroxylation is 2. The maximum absolute atomic E-state index is 14.5. The number of H-pyrrole nitrogens is 1. The van der Waals surface area contributed by atoms with E-state index in [1.54, 1.807) is 25.1 Å². The van der Waals surface area contributed by atoms with Crippen LogP contribution in [0.5, 0.6) is 0 Å². The molecule has 0 radical (unpaired) electrons. The maximum atomic E-state index is 14.5. The number of carboxylic acids is 1. The predicted octanol–water partition coefficient (Wildman–Crippen LogP) is 5.01. The minimum absolute atomic E-state index is 0.00139. The van der Waals surface area contributed by atoms with Crippen molar-refractivity contribution in [2.24, 2.45) is 5.41 Å². The van der Waals surface area contributed by atoms with Gasteiger partial charge in [-0.1, -0.05) is 23.7 Å². The first-order valence-corrected chi connectivity index (χ1v) is 11.4. The van der Waals surface area contributed by atoms with Crippen molar-refractivity contribution in [3.63, 3.8) is 0 Å². The number of pyridine rings is 1. The molecule has 1 fully saturated rings. The van der Waals surface area contributed by atoms with Crippen LogP contribution in [-0.4, -0.2) is 44.2 Å². The summed E-state index contributed by atoms with van der Waals surface area (Å²) in [7, 11) is 0. The van der Waals surface area contributed by atoms with E-state index in [-0.39, 0.29) is 17.3 Å². The smallest absolute Gasteiger partial charge is 0.310 e. The number of halogens is 3. The summed E-state index contributed by atoms with van der Waals surface area (Å²) < 4.78 is 28.8. The quantitative estimate of drug-likeness (QED) is 0.432. The molecule has 0 atom stereocenters. The molecule has 2 aromatic heterocycles. The van der Waals surface area contributed by atoms with Gasteiger partial charge in [0.25, 0.3) is 0 Å². The lowest BCUT2D eigenvalue weighted by Gasteiger charge is -2.39. The van der Waals surface area contributed by atoms with Gasteiger partial charge in [0, 0.05) is 36.0 Å². The third-order valence-electron chi connectivity index (χ3n) is 6.42. The minimum atomic E-state index is -1.04. The van der Waals surface area contributed by atoms with E-state index in [1.165, 1.54) is 12.1 Å². The fraction of sp³-hybridized carbons (Fsp3) is 0.375. The highest BCUT2D eigenvalue weighted by atomic mass is 35.5. The van der Waals surface area contributed by atoms with Crippen molar-refractivity contribution in [1.82, 2.24) is 20.1 Å². The van der Waals surface area contributed by atoms with Gasteiger partial charge in [-0.25, -0.2) is 13.8 Å². The number of hydrogen-bond donors (Lipinski definition) is 3. The number of likely N-dealkylation sites (tertiary alicyclic amines) is 1. The van der Waals surface area contributed by atoms with E-state index < -0.39 is 23.0 Å². The topological polar surface area (TPSA) is 94.1 Å². The molecule has 34 heavy (non-hydrogen) atoms. The van der Waals surface area contributed by atoms with Crippen LogP contribution >= 0.6 is 11.6 Å². The summed E-state index contributed by atoms with van der Waals surface area (Å²) >= 11 is 5.88. The fourth-order valence-corrected chi connectivity index (χ4v) is 4.52. The van der Waals surface area contributed by atoms with Gasteiger partial charge in [0.15, 0.2) is 17.5 Å². The Hall–Kier alpha value is -3.04. The average Bonchev–Trinajstić information content (AvgIpc) is 3.20. The van der Waals surface area contributed by atoms with E-state index in [1.807, 2.05) is 11.8 Å². The number of piperidine rings is 1. The number of nitrogens with zero attached hydrogens (tertiary/aromatic N) is 3. The lowest BCUT2D eigenvalue weighted by atomic mass is 9.74. The molecule has 0 spiro atoms. The van der Waals surface area contributed by atoms with Crippen molar-refractivity contribution in [2.45, 2.75) is 39.7 Å². The average molecular weight is 490 g/mol. The first kappa shape index (κ1) is 24.1. The highest BCUT2D eigenvalue weighted by Crippen LogP contribution is 2.37. The molecule has 3 N–H and O–H groups in total. The Balaban J connectivity index is 1.50. The van der Waals surface area contributed by atoms with Gasteiger partial charge in [-0.3, -0.25) is 14.8 Å². The van der Waals surface area contributed by atoms with E-state index in [4.69, 9.17) is 11.6 Å². The van der Waals surface area contributed by atoms with Crippen molar-refractivity contribution in [2.75, 3.05) is 18.4 Å². The molecule has 1 aliphatic heterocycles. The van der Waals surface area contributed by atoms with Gasteiger partial charge in [-0.2, -0.15) is 5.10 Å². The Morgan fingerprint density at radius 3 is 2.65 bits per heavy atom. The lowest BCUT2D eigenvalue weighted by Crippen LogP contribution is -2.45. The minimum Gasteiger partial charge on any atom is -0.481 e.